The minimum Gasteiger partial charge on any atom is -0.507 e. The third-order valence-corrected chi connectivity index (χ3v) is 7.40. The molecule has 2 heterocycles. The number of carbonyl (C=O) groups excluding carboxylic acids is 3. The number of ether oxygens (including phenoxy) is 1. The summed E-state index contributed by atoms with van der Waals surface area (Å²) in [7, 11) is 0. The number of benzene rings is 2. The molecule has 0 spiro atoms. The van der Waals surface area contributed by atoms with Crippen LogP contribution in [0.5, 0.6) is 0 Å². The van der Waals surface area contributed by atoms with Crippen LogP contribution in [0.4, 0.5) is 9.52 Å². The second-order valence-corrected chi connectivity index (χ2v) is 10.1. The standard InChI is InChI=1S/C28H27FN2O5S/c1-6-36-27(35)25-16(5)30-28(37-25)31-22(18-11-9-17(10-12-18)14(2)3)21(24(33)26(31)34)23(32)19-8-7-15(4)20(29)13-19/h7-14,22,32H,6H2,1-5H3. The van der Waals surface area contributed by atoms with E-state index in [2.05, 4.69) is 4.98 Å². The Morgan fingerprint density at radius 2 is 1.84 bits per heavy atom. The van der Waals surface area contributed by atoms with Gasteiger partial charge in [0.1, 0.15) is 16.5 Å². The number of ketones is 1. The van der Waals surface area contributed by atoms with Crippen LogP contribution in [0.2, 0.25) is 0 Å². The number of anilines is 1. The Morgan fingerprint density at radius 3 is 2.43 bits per heavy atom. The molecule has 192 valence electrons. The number of thiazole rings is 1. The van der Waals surface area contributed by atoms with Gasteiger partial charge in [0.15, 0.2) is 5.13 Å². The molecule has 2 aromatic carbocycles. The molecule has 7 nitrogen and oxygen atoms in total. The summed E-state index contributed by atoms with van der Waals surface area (Å²) in [4.78, 5) is 44.9. The van der Waals surface area contributed by atoms with Gasteiger partial charge in [-0.2, -0.15) is 0 Å². The number of halogens is 1. The third-order valence-electron chi connectivity index (χ3n) is 6.26. The first kappa shape index (κ1) is 26.2. The molecule has 0 saturated carbocycles. The molecule has 9 heteroatoms. The predicted molar refractivity (Wildman–Crippen MR) is 139 cm³/mol. The average Bonchev–Trinajstić information content (AvgIpc) is 3.37. The number of amides is 1. The summed E-state index contributed by atoms with van der Waals surface area (Å²) in [6, 6.07) is 10.4. The molecule has 4 rings (SSSR count). The van der Waals surface area contributed by atoms with Crippen LogP contribution >= 0.6 is 11.3 Å². The molecule has 1 unspecified atom stereocenters. The molecule has 0 bridgehead atoms. The van der Waals surface area contributed by atoms with Gasteiger partial charge in [0.2, 0.25) is 0 Å². The van der Waals surface area contributed by atoms with Crippen molar-refractivity contribution >= 4 is 39.9 Å². The molecule has 3 aromatic rings. The van der Waals surface area contributed by atoms with E-state index in [4.69, 9.17) is 4.74 Å². The van der Waals surface area contributed by atoms with Crippen molar-refractivity contribution in [3.05, 3.63) is 86.7 Å². The van der Waals surface area contributed by atoms with Crippen LogP contribution < -0.4 is 4.90 Å². The fourth-order valence-corrected chi connectivity index (χ4v) is 5.16. The largest absolute Gasteiger partial charge is 0.507 e. The van der Waals surface area contributed by atoms with Gasteiger partial charge < -0.3 is 9.84 Å². The van der Waals surface area contributed by atoms with Gasteiger partial charge in [0, 0.05) is 5.56 Å². The van der Waals surface area contributed by atoms with E-state index in [9.17, 15) is 23.9 Å². The van der Waals surface area contributed by atoms with E-state index in [0.29, 0.717) is 16.8 Å². The van der Waals surface area contributed by atoms with E-state index >= 15 is 0 Å². The van der Waals surface area contributed by atoms with Crippen LogP contribution in [0.25, 0.3) is 5.76 Å². The zero-order valence-corrected chi connectivity index (χ0v) is 22.0. The summed E-state index contributed by atoms with van der Waals surface area (Å²) in [6.45, 7) is 9.14. The number of aliphatic hydroxyl groups excluding tert-OH is 1. The fraction of sp³-hybridized carbons (Fsp3) is 0.286. The van der Waals surface area contributed by atoms with Crippen molar-refractivity contribution < 1.29 is 28.6 Å². The third kappa shape index (κ3) is 4.79. The zero-order chi connectivity index (χ0) is 27.0. The summed E-state index contributed by atoms with van der Waals surface area (Å²) < 4.78 is 19.4. The highest BCUT2D eigenvalue weighted by Gasteiger charge is 2.48. The average molecular weight is 523 g/mol. The van der Waals surface area contributed by atoms with Gasteiger partial charge in [-0.3, -0.25) is 14.5 Å². The Morgan fingerprint density at radius 1 is 1.16 bits per heavy atom. The molecule has 0 radical (unpaired) electrons. The Hall–Kier alpha value is -3.85. The van der Waals surface area contributed by atoms with Crippen molar-refractivity contribution in [3.8, 4) is 0 Å². The number of carbonyl (C=O) groups is 3. The fourth-order valence-electron chi connectivity index (χ4n) is 4.18. The minimum atomic E-state index is -1.04. The molecule has 1 aliphatic heterocycles. The van der Waals surface area contributed by atoms with E-state index in [0.717, 1.165) is 23.0 Å². The summed E-state index contributed by atoms with van der Waals surface area (Å²) in [6.07, 6.45) is 0. The van der Waals surface area contributed by atoms with E-state index < -0.39 is 35.3 Å². The molecule has 1 amide bonds. The lowest BCUT2D eigenvalue weighted by Crippen LogP contribution is -2.29. The first-order valence-electron chi connectivity index (χ1n) is 11.9. The number of aliphatic hydroxyl groups is 1. The molecular formula is C28H27FN2O5S. The molecule has 37 heavy (non-hydrogen) atoms. The van der Waals surface area contributed by atoms with E-state index in [-0.39, 0.29) is 33.7 Å². The molecule has 1 saturated heterocycles. The van der Waals surface area contributed by atoms with Gasteiger partial charge in [0.05, 0.1) is 23.9 Å². The van der Waals surface area contributed by atoms with Crippen LogP contribution in [-0.4, -0.2) is 34.4 Å². The summed E-state index contributed by atoms with van der Waals surface area (Å²) in [5, 5.41) is 11.3. The number of hydrogen-bond acceptors (Lipinski definition) is 7. The SMILES string of the molecule is CCOC(=O)c1sc(N2C(=O)C(=O)C(=C(O)c3ccc(C)c(F)c3)C2c2ccc(C(C)C)cc2)nc1C. The maximum atomic E-state index is 14.3. The number of Topliss-reactive ketones (excluding diaryl/α,β-unsaturated/α-hetero) is 1. The number of aromatic nitrogens is 1. The number of esters is 1. The molecule has 1 aromatic heterocycles. The summed E-state index contributed by atoms with van der Waals surface area (Å²) >= 11 is 0.934. The van der Waals surface area contributed by atoms with Crippen molar-refractivity contribution in [1.29, 1.82) is 0 Å². The highest BCUT2D eigenvalue weighted by molar-refractivity contribution is 7.17. The minimum absolute atomic E-state index is 0.0763. The van der Waals surface area contributed by atoms with E-state index in [1.165, 1.54) is 17.0 Å². The Balaban J connectivity index is 1.92. The Labute approximate surface area is 218 Å². The van der Waals surface area contributed by atoms with Crippen molar-refractivity contribution in [1.82, 2.24) is 4.98 Å². The number of aryl methyl sites for hydroxylation is 2. The first-order chi connectivity index (χ1) is 17.5. The maximum Gasteiger partial charge on any atom is 0.350 e. The molecule has 1 atom stereocenters. The predicted octanol–water partition coefficient (Wildman–Crippen LogP) is 5.83. The molecular weight excluding hydrogens is 495 g/mol. The molecule has 1 aliphatic rings. The van der Waals surface area contributed by atoms with Crippen LogP contribution in [-0.2, 0) is 14.3 Å². The lowest BCUT2D eigenvalue weighted by molar-refractivity contribution is -0.132. The molecule has 0 aliphatic carbocycles. The molecule has 1 fully saturated rings. The topological polar surface area (TPSA) is 96.8 Å². The van der Waals surface area contributed by atoms with Gasteiger partial charge in [-0.05, 0) is 49.4 Å². The highest BCUT2D eigenvalue weighted by atomic mass is 32.1. The maximum absolute atomic E-state index is 14.3. The monoisotopic (exact) mass is 522 g/mol. The van der Waals surface area contributed by atoms with Crippen molar-refractivity contribution in [2.75, 3.05) is 11.5 Å². The Bertz CT molecular complexity index is 1420. The van der Waals surface area contributed by atoms with Crippen LogP contribution in [0.1, 0.15) is 70.4 Å². The summed E-state index contributed by atoms with van der Waals surface area (Å²) in [5.74, 6) is -3.20. The van der Waals surface area contributed by atoms with E-state index in [1.54, 1.807) is 32.9 Å². The zero-order valence-electron chi connectivity index (χ0n) is 21.2. The quantitative estimate of drug-likeness (QED) is 0.190. The second kappa shape index (κ2) is 10.3. The van der Waals surface area contributed by atoms with E-state index in [1.807, 2.05) is 26.0 Å². The van der Waals surface area contributed by atoms with Crippen LogP contribution in [0.3, 0.4) is 0 Å². The van der Waals surface area contributed by atoms with Crippen LogP contribution in [0, 0.1) is 19.7 Å². The number of nitrogens with zero attached hydrogens (tertiary/aromatic N) is 2. The van der Waals surface area contributed by atoms with Crippen molar-refractivity contribution in [3.63, 3.8) is 0 Å². The van der Waals surface area contributed by atoms with Gasteiger partial charge >= 0.3 is 11.9 Å². The number of hydrogen-bond donors (Lipinski definition) is 1. The summed E-state index contributed by atoms with van der Waals surface area (Å²) in [5.41, 5.74) is 2.24. The second-order valence-electron chi connectivity index (χ2n) is 9.09. The lowest BCUT2D eigenvalue weighted by atomic mass is 9.93. The smallest absolute Gasteiger partial charge is 0.350 e. The number of rotatable bonds is 6. The van der Waals surface area contributed by atoms with Gasteiger partial charge in [-0.25, -0.2) is 14.2 Å². The van der Waals surface area contributed by atoms with Gasteiger partial charge in [-0.1, -0.05) is 61.6 Å². The van der Waals surface area contributed by atoms with Gasteiger partial charge in [0.25, 0.3) is 5.78 Å². The normalized spacial score (nSPS) is 17.1. The molecule has 1 N–H and O–H groups in total. The Kier molecular flexibility index (Phi) is 7.27. The highest BCUT2D eigenvalue weighted by Crippen LogP contribution is 2.44. The van der Waals surface area contributed by atoms with Gasteiger partial charge in [-0.15, -0.1) is 0 Å². The first-order valence-corrected chi connectivity index (χ1v) is 12.7. The lowest BCUT2D eigenvalue weighted by Gasteiger charge is -2.23. The van der Waals surface area contributed by atoms with Crippen molar-refractivity contribution in [2.24, 2.45) is 0 Å². The van der Waals surface area contributed by atoms with Crippen molar-refractivity contribution in [2.45, 2.75) is 46.6 Å². The van der Waals surface area contributed by atoms with Crippen LogP contribution in [0.15, 0.2) is 48.0 Å².